The van der Waals surface area contributed by atoms with E-state index in [0.29, 0.717) is 18.1 Å². The molecule has 1 aliphatic carbocycles. The monoisotopic (exact) mass is 346 g/mol. The summed E-state index contributed by atoms with van der Waals surface area (Å²) in [7, 11) is 0. The molecule has 6 heteroatoms. The van der Waals surface area contributed by atoms with E-state index in [1.807, 2.05) is 6.92 Å². The van der Waals surface area contributed by atoms with Gasteiger partial charge < -0.3 is 20.2 Å². The van der Waals surface area contributed by atoms with Crippen LogP contribution in [0, 0.1) is 11.7 Å². The Kier molecular flexibility index (Phi) is 5.38. The van der Waals surface area contributed by atoms with E-state index in [9.17, 15) is 14.3 Å². The van der Waals surface area contributed by atoms with Gasteiger partial charge in [-0.1, -0.05) is 12.1 Å². The van der Waals surface area contributed by atoms with E-state index in [4.69, 9.17) is 4.42 Å². The summed E-state index contributed by atoms with van der Waals surface area (Å²) >= 11 is 0. The highest BCUT2D eigenvalue weighted by atomic mass is 19.1. The van der Waals surface area contributed by atoms with Gasteiger partial charge >= 0.3 is 6.03 Å². The summed E-state index contributed by atoms with van der Waals surface area (Å²) in [5, 5.41) is 15.9. The van der Waals surface area contributed by atoms with Crippen molar-refractivity contribution in [1.82, 2.24) is 10.6 Å². The summed E-state index contributed by atoms with van der Waals surface area (Å²) < 4.78 is 18.3. The van der Waals surface area contributed by atoms with Gasteiger partial charge in [0.1, 0.15) is 17.7 Å². The van der Waals surface area contributed by atoms with Gasteiger partial charge in [0.05, 0.1) is 12.3 Å². The van der Waals surface area contributed by atoms with Gasteiger partial charge in [-0.15, -0.1) is 0 Å². The molecule has 3 N–H and O–H groups in total. The van der Waals surface area contributed by atoms with E-state index in [1.54, 1.807) is 24.3 Å². The average molecular weight is 346 g/mol. The van der Waals surface area contributed by atoms with Crippen molar-refractivity contribution >= 4 is 6.03 Å². The lowest BCUT2D eigenvalue weighted by atomic mass is 10.0. The number of hydrogen-bond acceptors (Lipinski definition) is 3. The van der Waals surface area contributed by atoms with Crippen LogP contribution in [0.5, 0.6) is 0 Å². The van der Waals surface area contributed by atoms with E-state index in [1.165, 1.54) is 18.4 Å². The molecule has 1 saturated carbocycles. The number of urea groups is 1. The van der Waals surface area contributed by atoms with Crippen LogP contribution in [0.2, 0.25) is 0 Å². The number of nitrogens with one attached hydrogen (secondary N) is 2. The number of carbonyl (C=O) groups is 1. The number of halogens is 1. The van der Waals surface area contributed by atoms with Crippen molar-refractivity contribution < 1.29 is 18.7 Å². The first-order chi connectivity index (χ1) is 12.0. The van der Waals surface area contributed by atoms with Crippen LogP contribution in [0.1, 0.15) is 49.7 Å². The van der Waals surface area contributed by atoms with Crippen LogP contribution in [0.3, 0.4) is 0 Å². The molecule has 1 aliphatic rings. The van der Waals surface area contributed by atoms with Crippen LogP contribution >= 0.6 is 0 Å². The molecule has 0 radical (unpaired) electrons. The van der Waals surface area contributed by atoms with Crippen LogP contribution < -0.4 is 10.6 Å². The highest BCUT2D eigenvalue weighted by Gasteiger charge is 2.33. The highest BCUT2D eigenvalue weighted by molar-refractivity contribution is 5.74. The maximum Gasteiger partial charge on any atom is 0.315 e. The number of amides is 2. The molecule has 0 unspecified atom stereocenters. The SMILES string of the molecule is C[C@H](C[C@H](O)c1ccco1)NC(=O)N[C@@H](c1ccc(F)cc1)C1CC1. The second kappa shape index (κ2) is 7.70. The van der Waals surface area contributed by atoms with Gasteiger partial charge in [-0.3, -0.25) is 0 Å². The molecule has 0 spiro atoms. The molecule has 1 aromatic carbocycles. The molecule has 3 rings (SSSR count). The summed E-state index contributed by atoms with van der Waals surface area (Å²) in [6.07, 6.45) is 3.20. The van der Waals surface area contributed by atoms with Crippen LogP contribution in [0.4, 0.5) is 9.18 Å². The number of furan rings is 1. The van der Waals surface area contributed by atoms with E-state index >= 15 is 0 Å². The average Bonchev–Trinajstić information content (AvgIpc) is 3.26. The molecule has 2 amide bonds. The highest BCUT2D eigenvalue weighted by Crippen LogP contribution is 2.41. The number of aliphatic hydroxyl groups is 1. The molecule has 134 valence electrons. The van der Waals surface area contributed by atoms with Crippen LogP contribution in [0.25, 0.3) is 0 Å². The molecule has 0 aliphatic heterocycles. The maximum atomic E-state index is 13.1. The smallest absolute Gasteiger partial charge is 0.315 e. The summed E-state index contributed by atoms with van der Waals surface area (Å²) in [5.41, 5.74) is 0.905. The predicted octanol–water partition coefficient (Wildman–Crippen LogP) is 3.68. The molecule has 2 aromatic rings. The van der Waals surface area contributed by atoms with Gasteiger partial charge in [0.15, 0.2) is 0 Å². The Bertz CT molecular complexity index is 683. The quantitative estimate of drug-likeness (QED) is 0.716. The van der Waals surface area contributed by atoms with Crippen LogP contribution in [-0.2, 0) is 0 Å². The molecular formula is C19H23FN2O3. The van der Waals surface area contributed by atoms with Gasteiger partial charge in [0, 0.05) is 12.5 Å². The van der Waals surface area contributed by atoms with Gasteiger partial charge in [-0.05, 0) is 55.5 Å². The van der Waals surface area contributed by atoms with Gasteiger partial charge in [-0.25, -0.2) is 9.18 Å². The first kappa shape index (κ1) is 17.5. The van der Waals surface area contributed by atoms with Crippen molar-refractivity contribution in [2.75, 3.05) is 0 Å². The van der Waals surface area contributed by atoms with E-state index < -0.39 is 6.10 Å². The lowest BCUT2D eigenvalue weighted by Crippen LogP contribution is -2.43. The molecule has 0 bridgehead atoms. The zero-order valence-corrected chi connectivity index (χ0v) is 14.1. The predicted molar refractivity (Wildman–Crippen MR) is 91.3 cm³/mol. The van der Waals surface area contributed by atoms with Crippen molar-refractivity contribution in [3.05, 3.63) is 59.8 Å². The zero-order valence-electron chi connectivity index (χ0n) is 14.1. The first-order valence-electron chi connectivity index (χ1n) is 8.57. The fourth-order valence-corrected chi connectivity index (χ4v) is 2.97. The molecule has 1 fully saturated rings. The van der Waals surface area contributed by atoms with Crippen molar-refractivity contribution in [1.29, 1.82) is 0 Å². The summed E-state index contributed by atoms with van der Waals surface area (Å²) in [6, 6.07) is 9.02. The second-order valence-corrected chi connectivity index (χ2v) is 6.65. The lowest BCUT2D eigenvalue weighted by Gasteiger charge is -2.22. The number of rotatable bonds is 7. The largest absolute Gasteiger partial charge is 0.467 e. The normalized spacial score (nSPS) is 17.6. The van der Waals surface area contributed by atoms with E-state index in [0.717, 1.165) is 18.4 Å². The van der Waals surface area contributed by atoms with Crippen molar-refractivity contribution in [3.63, 3.8) is 0 Å². The Hall–Kier alpha value is -2.34. The minimum atomic E-state index is -0.762. The van der Waals surface area contributed by atoms with Gasteiger partial charge in [0.25, 0.3) is 0 Å². The second-order valence-electron chi connectivity index (χ2n) is 6.65. The summed E-state index contributed by atoms with van der Waals surface area (Å²) in [5.74, 6) is 0.583. The molecule has 5 nitrogen and oxygen atoms in total. The number of carbonyl (C=O) groups excluding carboxylic acids is 1. The number of aliphatic hydroxyl groups excluding tert-OH is 1. The molecule has 1 heterocycles. The Labute approximate surface area is 146 Å². The van der Waals surface area contributed by atoms with Crippen LogP contribution in [0.15, 0.2) is 47.1 Å². The van der Waals surface area contributed by atoms with E-state index in [-0.39, 0.29) is 23.9 Å². The van der Waals surface area contributed by atoms with Crippen molar-refractivity contribution in [2.24, 2.45) is 5.92 Å². The topological polar surface area (TPSA) is 74.5 Å². The fraction of sp³-hybridized carbons (Fsp3) is 0.421. The first-order valence-corrected chi connectivity index (χ1v) is 8.57. The number of benzene rings is 1. The van der Waals surface area contributed by atoms with Gasteiger partial charge in [-0.2, -0.15) is 0 Å². The number of hydrogen-bond donors (Lipinski definition) is 3. The van der Waals surface area contributed by atoms with Gasteiger partial charge in [0.2, 0.25) is 0 Å². The molecule has 3 atom stereocenters. The Morgan fingerprint density at radius 2 is 2.00 bits per heavy atom. The van der Waals surface area contributed by atoms with E-state index in [2.05, 4.69) is 10.6 Å². The Balaban J connectivity index is 1.54. The maximum absolute atomic E-state index is 13.1. The third-order valence-corrected chi connectivity index (χ3v) is 4.44. The zero-order chi connectivity index (χ0) is 17.8. The summed E-state index contributed by atoms with van der Waals surface area (Å²) in [4.78, 5) is 12.3. The Morgan fingerprint density at radius 1 is 1.28 bits per heavy atom. The van der Waals surface area contributed by atoms with Crippen molar-refractivity contribution in [3.8, 4) is 0 Å². The standard InChI is InChI=1S/C19H23FN2O3/c1-12(11-16(23)17-3-2-10-25-17)21-19(24)22-18(13-4-5-13)14-6-8-15(20)9-7-14/h2-3,6-10,12-13,16,18,23H,4-5,11H2,1H3,(H2,21,22,24)/t12-,16+,18-/m1/s1. The molecule has 1 aromatic heterocycles. The third kappa shape index (κ3) is 4.82. The fourth-order valence-electron chi connectivity index (χ4n) is 2.97. The lowest BCUT2D eigenvalue weighted by molar-refractivity contribution is 0.129. The minimum Gasteiger partial charge on any atom is -0.467 e. The Morgan fingerprint density at radius 3 is 2.60 bits per heavy atom. The molecular weight excluding hydrogens is 323 g/mol. The minimum absolute atomic E-state index is 0.122. The molecule has 0 saturated heterocycles. The third-order valence-electron chi connectivity index (χ3n) is 4.44. The summed E-state index contributed by atoms with van der Waals surface area (Å²) in [6.45, 7) is 1.83. The van der Waals surface area contributed by atoms with Crippen molar-refractivity contribution in [2.45, 2.75) is 44.4 Å². The van der Waals surface area contributed by atoms with Crippen LogP contribution in [-0.4, -0.2) is 17.2 Å². The molecule has 25 heavy (non-hydrogen) atoms.